The van der Waals surface area contributed by atoms with Crippen LogP contribution in [0.1, 0.15) is 6.92 Å². The minimum atomic E-state index is -0.398. The molecular formula is C15H17FN2O2. The monoisotopic (exact) mass is 276 g/mol. The number of nitrogen functional groups attached to an aromatic ring is 1. The number of rotatable bonds is 5. The van der Waals surface area contributed by atoms with Gasteiger partial charge in [0.1, 0.15) is 5.75 Å². The van der Waals surface area contributed by atoms with E-state index in [1.165, 1.54) is 13.2 Å². The van der Waals surface area contributed by atoms with Crippen LogP contribution in [0.3, 0.4) is 0 Å². The number of nitrogens with two attached hydrogens (primary N) is 1. The summed E-state index contributed by atoms with van der Waals surface area (Å²) in [7, 11) is 1.43. The Labute approximate surface area is 117 Å². The first-order chi connectivity index (χ1) is 9.63. The number of ether oxygens (including phenoxy) is 2. The van der Waals surface area contributed by atoms with Crippen LogP contribution in [0.15, 0.2) is 36.4 Å². The molecule has 0 bridgehead atoms. The second kappa shape index (κ2) is 6.14. The highest BCUT2D eigenvalue weighted by molar-refractivity contribution is 5.67. The Balaban J connectivity index is 2.23. The first-order valence-corrected chi connectivity index (χ1v) is 6.27. The minimum Gasteiger partial charge on any atom is -0.494 e. The molecule has 2 aromatic carbocycles. The minimum absolute atomic E-state index is 0.190. The summed E-state index contributed by atoms with van der Waals surface area (Å²) in [4.78, 5) is 0. The van der Waals surface area contributed by atoms with Crippen LogP contribution in [0.4, 0.5) is 21.5 Å². The van der Waals surface area contributed by atoms with Crippen molar-refractivity contribution in [2.24, 2.45) is 0 Å². The molecule has 0 saturated carbocycles. The van der Waals surface area contributed by atoms with Gasteiger partial charge in [0.15, 0.2) is 11.6 Å². The van der Waals surface area contributed by atoms with Gasteiger partial charge in [-0.25, -0.2) is 4.39 Å². The molecule has 0 saturated heterocycles. The Morgan fingerprint density at radius 3 is 2.40 bits per heavy atom. The number of hydrogen-bond acceptors (Lipinski definition) is 4. The average molecular weight is 276 g/mol. The van der Waals surface area contributed by atoms with E-state index in [4.69, 9.17) is 15.2 Å². The molecule has 0 amide bonds. The van der Waals surface area contributed by atoms with Crippen molar-refractivity contribution in [3.05, 3.63) is 42.2 Å². The highest BCUT2D eigenvalue weighted by Crippen LogP contribution is 2.29. The molecule has 0 atom stereocenters. The van der Waals surface area contributed by atoms with E-state index in [1.807, 2.05) is 13.0 Å². The lowest BCUT2D eigenvalue weighted by molar-refractivity contribution is 0.342. The molecule has 5 heteroatoms. The predicted octanol–water partition coefficient (Wildman–Crippen LogP) is 3.56. The molecule has 2 aromatic rings. The second-order valence-corrected chi connectivity index (χ2v) is 4.16. The van der Waals surface area contributed by atoms with E-state index in [0.29, 0.717) is 18.0 Å². The van der Waals surface area contributed by atoms with E-state index >= 15 is 0 Å². The van der Waals surface area contributed by atoms with Gasteiger partial charge in [-0.2, -0.15) is 0 Å². The number of nitrogens with one attached hydrogen (secondary N) is 1. The zero-order chi connectivity index (χ0) is 14.5. The van der Waals surface area contributed by atoms with Crippen LogP contribution in [0, 0.1) is 5.82 Å². The van der Waals surface area contributed by atoms with Gasteiger partial charge in [0.25, 0.3) is 0 Å². The number of hydrogen-bond donors (Lipinski definition) is 2. The molecule has 0 heterocycles. The number of benzene rings is 2. The predicted molar refractivity (Wildman–Crippen MR) is 78.3 cm³/mol. The number of halogens is 1. The normalized spacial score (nSPS) is 10.2. The fourth-order valence-electron chi connectivity index (χ4n) is 1.80. The second-order valence-electron chi connectivity index (χ2n) is 4.16. The third-order valence-electron chi connectivity index (χ3n) is 2.75. The van der Waals surface area contributed by atoms with Crippen molar-refractivity contribution in [2.75, 3.05) is 24.8 Å². The van der Waals surface area contributed by atoms with E-state index in [2.05, 4.69) is 5.32 Å². The Morgan fingerprint density at radius 1 is 1.10 bits per heavy atom. The third-order valence-corrected chi connectivity index (χ3v) is 2.75. The summed E-state index contributed by atoms with van der Waals surface area (Å²) >= 11 is 0. The standard InChI is InChI=1S/C15H17FN2O2/c1-3-20-15-9-11(5-7-13(15)17)18-10-4-6-12(16)14(8-10)19-2/h4-9,18H,3,17H2,1-2H3. The van der Waals surface area contributed by atoms with Crippen LogP contribution in [-0.4, -0.2) is 13.7 Å². The quantitative estimate of drug-likeness (QED) is 0.820. The maximum Gasteiger partial charge on any atom is 0.165 e. The van der Waals surface area contributed by atoms with E-state index in [9.17, 15) is 4.39 Å². The van der Waals surface area contributed by atoms with Crippen molar-refractivity contribution in [1.29, 1.82) is 0 Å². The molecule has 0 aromatic heterocycles. The summed E-state index contributed by atoms with van der Waals surface area (Å²) in [5.74, 6) is 0.410. The Hall–Kier alpha value is -2.43. The maximum atomic E-state index is 13.3. The van der Waals surface area contributed by atoms with Crippen LogP contribution < -0.4 is 20.5 Å². The largest absolute Gasteiger partial charge is 0.494 e. The molecule has 106 valence electrons. The molecule has 0 fully saturated rings. The lowest BCUT2D eigenvalue weighted by Gasteiger charge is -2.12. The molecule has 0 aliphatic rings. The fourth-order valence-corrected chi connectivity index (χ4v) is 1.80. The average Bonchev–Trinajstić information content (AvgIpc) is 2.45. The topological polar surface area (TPSA) is 56.5 Å². The molecule has 20 heavy (non-hydrogen) atoms. The summed E-state index contributed by atoms with van der Waals surface area (Å²) in [6.07, 6.45) is 0. The van der Waals surface area contributed by atoms with Crippen LogP contribution in [0.2, 0.25) is 0 Å². The van der Waals surface area contributed by atoms with E-state index in [1.54, 1.807) is 24.3 Å². The molecule has 0 aliphatic carbocycles. The Kier molecular flexibility index (Phi) is 4.30. The van der Waals surface area contributed by atoms with Gasteiger partial charge in [0.05, 0.1) is 19.4 Å². The summed E-state index contributed by atoms with van der Waals surface area (Å²) in [5, 5.41) is 3.15. The van der Waals surface area contributed by atoms with Gasteiger partial charge in [-0.3, -0.25) is 0 Å². The molecule has 0 spiro atoms. The molecule has 0 radical (unpaired) electrons. The summed E-state index contributed by atoms with van der Waals surface area (Å²) in [6, 6.07) is 9.96. The van der Waals surface area contributed by atoms with Gasteiger partial charge >= 0.3 is 0 Å². The van der Waals surface area contributed by atoms with Gasteiger partial charge in [0.2, 0.25) is 0 Å². The van der Waals surface area contributed by atoms with Crippen molar-refractivity contribution in [1.82, 2.24) is 0 Å². The summed E-state index contributed by atoms with van der Waals surface area (Å²) < 4.78 is 23.7. The third kappa shape index (κ3) is 3.12. The number of methoxy groups -OCH3 is 1. The first-order valence-electron chi connectivity index (χ1n) is 6.27. The Bertz CT molecular complexity index is 602. The maximum absolute atomic E-state index is 13.3. The molecule has 4 nitrogen and oxygen atoms in total. The summed E-state index contributed by atoms with van der Waals surface area (Å²) in [6.45, 7) is 2.43. The van der Waals surface area contributed by atoms with Gasteiger partial charge in [-0.15, -0.1) is 0 Å². The van der Waals surface area contributed by atoms with Gasteiger partial charge in [0, 0.05) is 23.5 Å². The fraction of sp³-hybridized carbons (Fsp3) is 0.200. The molecule has 0 aliphatic heterocycles. The molecular weight excluding hydrogens is 259 g/mol. The smallest absolute Gasteiger partial charge is 0.165 e. The van der Waals surface area contributed by atoms with E-state index in [-0.39, 0.29) is 5.75 Å². The van der Waals surface area contributed by atoms with Crippen LogP contribution >= 0.6 is 0 Å². The van der Waals surface area contributed by atoms with Gasteiger partial charge < -0.3 is 20.5 Å². The lowest BCUT2D eigenvalue weighted by Crippen LogP contribution is -1.99. The Morgan fingerprint density at radius 2 is 1.75 bits per heavy atom. The van der Waals surface area contributed by atoms with Crippen LogP contribution in [-0.2, 0) is 0 Å². The molecule has 0 unspecified atom stereocenters. The highest BCUT2D eigenvalue weighted by Gasteiger charge is 2.05. The highest BCUT2D eigenvalue weighted by atomic mass is 19.1. The zero-order valence-corrected chi connectivity index (χ0v) is 11.4. The molecule has 2 rings (SSSR count). The summed E-state index contributed by atoms with van der Waals surface area (Å²) in [5.41, 5.74) is 7.91. The van der Waals surface area contributed by atoms with Crippen molar-refractivity contribution in [3.63, 3.8) is 0 Å². The van der Waals surface area contributed by atoms with Crippen molar-refractivity contribution >= 4 is 17.1 Å². The number of anilines is 3. The first kappa shape index (κ1) is 14.0. The van der Waals surface area contributed by atoms with E-state index in [0.717, 1.165) is 11.4 Å². The van der Waals surface area contributed by atoms with Crippen molar-refractivity contribution < 1.29 is 13.9 Å². The lowest BCUT2D eigenvalue weighted by atomic mass is 10.2. The van der Waals surface area contributed by atoms with Crippen LogP contribution in [0.5, 0.6) is 11.5 Å². The van der Waals surface area contributed by atoms with E-state index < -0.39 is 5.82 Å². The zero-order valence-electron chi connectivity index (χ0n) is 11.4. The van der Waals surface area contributed by atoms with Gasteiger partial charge in [-0.1, -0.05) is 0 Å². The molecule has 3 N–H and O–H groups in total. The van der Waals surface area contributed by atoms with Crippen LogP contribution in [0.25, 0.3) is 0 Å². The van der Waals surface area contributed by atoms with Crippen molar-refractivity contribution in [3.8, 4) is 11.5 Å². The van der Waals surface area contributed by atoms with Gasteiger partial charge in [-0.05, 0) is 31.2 Å². The SMILES string of the molecule is CCOc1cc(Nc2ccc(F)c(OC)c2)ccc1N. The van der Waals surface area contributed by atoms with Crippen molar-refractivity contribution in [2.45, 2.75) is 6.92 Å².